The molecule has 35 heavy (non-hydrogen) atoms. The molecule has 2 aromatic heterocycles. The van der Waals surface area contributed by atoms with Crippen LogP contribution in [-0.4, -0.2) is 64.6 Å². The number of hydrogen-bond donors (Lipinski definition) is 0. The average Bonchev–Trinajstić information content (AvgIpc) is 3.61. The molecule has 10 heteroatoms. The van der Waals surface area contributed by atoms with Crippen LogP contribution in [0.25, 0.3) is 0 Å². The second-order valence-electron chi connectivity index (χ2n) is 9.92. The van der Waals surface area contributed by atoms with E-state index in [1.807, 2.05) is 22.4 Å². The van der Waals surface area contributed by atoms with E-state index in [0.29, 0.717) is 37.5 Å². The van der Waals surface area contributed by atoms with E-state index in [9.17, 15) is 13.2 Å². The van der Waals surface area contributed by atoms with Gasteiger partial charge in [-0.15, -0.1) is 11.3 Å². The van der Waals surface area contributed by atoms with E-state index >= 15 is 0 Å². The maximum absolute atomic E-state index is 13.0. The summed E-state index contributed by atoms with van der Waals surface area (Å²) in [4.78, 5) is 23.6. The zero-order valence-electron chi connectivity index (χ0n) is 20.0. The number of amides is 1. The molecule has 8 nitrogen and oxygen atoms in total. The molecule has 1 saturated heterocycles. The first kappa shape index (κ1) is 24.6. The fourth-order valence-electron chi connectivity index (χ4n) is 5.26. The molecule has 3 aliphatic rings. The maximum atomic E-state index is 13.0. The third-order valence-corrected chi connectivity index (χ3v) is 10.3. The van der Waals surface area contributed by atoms with Crippen LogP contribution in [0, 0.1) is 0 Å². The fraction of sp³-hybridized carbons (Fsp3) is 0.640. The Balaban J connectivity index is 1.13. The van der Waals surface area contributed by atoms with Gasteiger partial charge in [0.15, 0.2) is 0 Å². The number of carbonyl (C=O) groups excluding carboxylic acids is 1. The largest absolute Gasteiger partial charge is 0.417 e. The topological polar surface area (TPSA) is 92.7 Å². The quantitative estimate of drug-likeness (QED) is 0.508. The SMILES string of the molecule is O=C(Oc1csc(C2CCN(S(=O)(=O)CCc3ccncc3)CC2)n1)N(C1CCCCC1)C1CC1. The molecule has 1 amide bonds. The van der Waals surface area contributed by atoms with Gasteiger partial charge in [-0.2, -0.15) is 0 Å². The number of aromatic nitrogens is 2. The predicted molar refractivity (Wildman–Crippen MR) is 135 cm³/mol. The Morgan fingerprint density at radius 3 is 2.40 bits per heavy atom. The van der Waals surface area contributed by atoms with E-state index in [-0.39, 0.29) is 17.8 Å². The zero-order chi connectivity index (χ0) is 24.3. The standard InChI is InChI=1S/C25H34N4O4S2/c30-25(29(22-6-7-22)21-4-2-1-3-5-21)33-23-18-34-24(27-23)20-10-15-28(16-11-20)35(31,32)17-12-19-8-13-26-14-9-19/h8-9,13-14,18,20-22H,1-7,10-12,15-17H2. The predicted octanol–water partition coefficient (Wildman–Crippen LogP) is 4.59. The maximum Gasteiger partial charge on any atom is 0.417 e. The summed E-state index contributed by atoms with van der Waals surface area (Å²) in [5, 5.41) is 2.74. The molecule has 2 aliphatic carbocycles. The van der Waals surface area contributed by atoms with Gasteiger partial charge >= 0.3 is 6.09 Å². The Labute approximate surface area is 211 Å². The first-order valence-electron chi connectivity index (χ1n) is 12.8. The molecule has 0 aromatic carbocycles. The van der Waals surface area contributed by atoms with Crippen LogP contribution in [0.3, 0.4) is 0 Å². The smallest absolute Gasteiger partial charge is 0.390 e. The monoisotopic (exact) mass is 518 g/mol. The van der Waals surface area contributed by atoms with Gasteiger partial charge in [0, 0.05) is 43.5 Å². The van der Waals surface area contributed by atoms with Crippen LogP contribution in [0.15, 0.2) is 29.9 Å². The number of piperidine rings is 1. The molecule has 0 spiro atoms. The summed E-state index contributed by atoms with van der Waals surface area (Å²) in [5.74, 6) is 0.679. The Morgan fingerprint density at radius 2 is 1.71 bits per heavy atom. The van der Waals surface area contributed by atoms with Crippen LogP contribution in [0.2, 0.25) is 0 Å². The summed E-state index contributed by atoms with van der Waals surface area (Å²) in [5.41, 5.74) is 0.979. The minimum Gasteiger partial charge on any atom is -0.390 e. The number of ether oxygens (including phenoxy) is 1. The fourth-order valence-corrected chi connectivity index (χ4v) is 7.68. The molecular formula is C25H34N4O4S2. The summed E-state index contributed by atoms with van der Waals surface area (Å²) in [6.45, 7) is 0.990. The first-order chi connectivity index (χ1) is 17.0. The zero-order valence-corrected chi connectivity index (χ0v) is 21.7. The number of thiazole rings is 1. The molecule has 0 atom stereocenters. The van der Waals surface area contributed by atoms with Gasteiger partial charge in [-0.1, -0.05) is 19.3 Å². The van der Waals surface area contributed by atoms with Gasteiger partial charge in [0.05, 0.1) is 16.1 Å². The van der Waals surface area contributed by atoms with E-state index in [2.05, 4.69) is 9.97 Å². The highest BCUT2D eigenvalue weighted by molar-refractivity contribution is 7.89. The van der Waals surface area contributed by atoms with Crippen LogP contribution in [-0.2, 0) is 16.4 Å². The van der Waals surface area contributed by atoms with E-state index in [4.69, 9.17) is 4.74 Å². The van der Waals surface area contributed by atoms with E-state index < -0.39 is 10.0 Å². The van der Waals surface area contributed by atoms with Crippen LogP contribution in [0.1, 0.15) is 74.3 Å². The van der Waals surface area contributed by atoms with Crippen molar-refractivity contribution in [3.05, 3.63) is 40.5 Å². The van der Waals surface area contributed by atoms with Crippen molar-refractivity contribution < 1.29 is 17.9 Å². The lowest BCUT2D eigenvalue weighted by Crippen LogP contribution is -2.44. The van der Waals surface area contributed by atoms with Crippen LogP contribution in [0.4, 0.5) is 4.79 Å². The molecule has 5 rings (SSSR count). The van der Waals surface area contributed by atoms with Crippen molar-refractivity contribution in [3.8, 4) is 5.88 Å². The molecule has 2 saturated carbocycles. The van der Waals surface area contributed by atoms with Gasteiger partial charge in [-0.3, -0.25) is 4.98 Å². The number of hydrogen-bond acceptors (Lipinski definition) is 7. The molecule has 1 aliphatic heterocycles. The van der Waals surface area contributed by atoms with Crippen LogP contribution < -0.4 is 4.74 Å². The van der Waals surface area contributed by atoms with E-state index in [1.165, 1.54) is 30.6 Å². The van der Waals surface area contributed by atoms with Crippen molar-refractivity contribution in [2.45, 2.75) is 82.2 Å². The van der Waals surface area contributed by atoms with Crippen molar-refractivity contribution in [1.82, 2.24) is 19.2 Å². The van der Waals surface area contributed by atoms with Crippen molar-refractivity contribution >= 4 is 27.5 Å². The summed E-state index contributed by atoms with van der Waals surface area (Å²) in [6.07, 6.45) is 12.9. The third kappa shape index (κ3) is 6.21. The Morgan fingerprint density at radius 1 is 1.03 bits per heavy atom. The van der Waals surface area contributed by atoms with Crippen molar-refractivity contribution in [2.75, 3.05) is 18.8 Å². The highest BCUT2D eigenvalue weighted by atomic mass is 32.2. The number of aryl methyl sites for hydroxylation is 1. The highest BCUT2D eigenvalue weighted by Gasteiger charge is 2.39. The molecule has 190 valence electrons. The molecule has 0 unspecified atom stereocenters. The van der Waals surface area contributed by atoms with Gasteiger partial charge in [-0.05, 0) is 62.6 Å². The lowest BCUT2D eigenvalue weighted by atomic mass is 9.94. The molecular weight excluding hydrogens is 484 g/mol. The number of carbonyl (C=O) groups is 1. The molecule has 0 bridgehead atoms. The van der Waals surface area contributed by atoms with E-state index in [0.717, 1.165) is 49.1 Å². The molecule has 3 fully saturated rings. The van der Waals surface area contributed by atoms with Crippen molar-refractivity contribution in [3.63, 3.8) is 0 Å². The van der Waals surface area contributed by atoms with E-state index in [1.54, 1.807) is 16.7 Å². The Kier molecular flexibility index (Phi) is 7.69. The Bertz CT molecular complexity index is 1090. The molecule has 0 N–H and O–H groups in total. The summed E-state index contributed by atoms with van der Waals surface area (Å²) in [6, 6.07) is 4.33. The lowest BCUT2D eigenvalue weighted by Gasteiger charge is -2.33. The van der Waals surface area contributed by atoms with Gasteiger partial charge in [0.1, 0.15) is 0 Å². The van der Waals surface area contributed by atoms with Gasteiger partial charge < -0.3 is 9.64 Å². The summed E-state index contributed by atoms with van der Waals surface area (Å²) in [7, 11) is -3.30. The molecule has 2 aromatic rings. The molecule has 0 radical (unpaired) electrons. The van der Waals surface area contributed by atoms with Gasteiger partial charge in [0.2, 0.25) is 15.9 Å². The third-order valence-electron chi connectivity index (χ3n) is 7.41. The Hall–Kier alpha value is -2.04. The van der Waals surface area contributed by atoms with Crippen molar-refractivity contribution in [1.29, 1.82) is 0 Å². The highest BCUT2D eigenvalue weighted by Crippen LogP contribution is 2.36. The summed E-state index contributed by atoms with van der Waals surface area (Å²) >= 11 is 1.50. The first-order valence-corrected chi connectivity index (χ1v) is 15.3. The normalized spacial score (nSPS) is 20.6. The number of pyridine rings is 1. The number of sulfonamides is 1. The lowest BCUT2D eigenvalue weighted by molar-refractivity contribution is 0.111. The van der Waals surface area contributed by atoms with Gasteiger partial charge in [-0.25, -0.2) is 22.5 Å². The van der Waals surface area contributed by atoms with Crippen LogP contribution >= 0.6 is 11.3 Å². The van der Waals surface area contributed by atoms with Crippen molar-refractivity contribution in [2.24, 2.45) is 0 Å². The number of rotatable bonds is 8. The van der Waals surface area contributed by atoms with Crippen LogP contribution in [0.5, 0.6) is 5.88 Å². The second-order valence-corrected chi connectivity index (χ2v) is 12.9. The van der Waals surface area contributed by atoms with Gasteiger partial charge in [0.25, 0.3) is 0 Å². The number of nitrogens with zero attached hydrogens (tertiary/aromatic N) is 4. The minimum absolute atomic E-state index is 0.109. The average molecular weight is 519 g/mol. The molecule has 3 heterocycles. The second kappa shape index (κ2) is 10.9. The summed E-state index contributed by atoms with van der Waals surface area (Å²) < 4.78 is 33.0. The minimum atomic E-state index is -3.30.